The number of rotatable bonds is 4. The normalized spacial score (nSPS) is 18.2. The van der Waals surface area contributed by atoms with Crippen molar-refractivity contribution >= 4 is 29.2 Å². The Kier molecular flexibility index (Phi) is 5.42. The van der Waals surface area contributed by atoms with Crippen LogP contribution in [0.2, 0.25) is 0 Å². The van der Waals surface area contributed by atoms with Gasteiger partial charge >= 0.3 is 0 Å². The van der Waals surface area contributed by atoms with Crippen LogP contribution >= 0.6 is 11.5 Å². The third-order valence-electron chi connectivity index (χ3n) is 6.19. The number of anilines is 1. The SMILES string of the molecule is Cc1nnsc1C(=O)N1CCCCC1c1nc(C)c2c(n1)N(Cc1ccccc1)C(=O)C2. The van der Waals surface area contributed by atoms with Gasteiger partial charge in [-0.2, -0.15) is 0 Å². The number of carbonyl (C=O) groups excluding carboxylic acids is 2. The van der Waals surface area contributed by atoms with E-state index in [-0.39, 0.29) is 17.9 Å². The van der Waals surface area contributed by atoms with Gasteiger partial charge in [-0.3, -0.25) is 14.5 Å². The minimum absolute atomic E-state index is 0.0290. The third kappa shape index (κ3) is 3.66. The maximum absolute atomic E-state index is 13.3. The van der Waals surface area contributed by atoms with Crippen LogP contribution in [0.4, 0.5) is 5.82 Å². The van der Waals surface area contributed by atoms with Crippen molar-refractivity contribution in [1.82, 2.24) is 24.5 Å². The molecule has 2 amide bonds. The first-order chi connectivity index (χ1) is 15.5. The Hall–Kier alpha value is -3.20. The lowest BCUT2D eigenvalue weighted by Crippen LogP contribution is -2.39. The van der Waals surface area contributed by atoms with Crippen molar-refractivity contribution < 1.29 is 9.59 Å². The van der Waals surface area contributed by atoms with Gasteiger partial charge in [0.25, 0.3) is 5.91 Å². The summed E-state index contributed by atoms with van der Waals surface area (Å²) in [4.78, 5) is 39.9. The van der Waals surface area contributed by atoms with E-state index in [0.29, 0.717) is 41.7 Å². The molecule has 9 heteroatoms. The number of aromatic nitrogens is 4. The highest BCUT2D eigenvalue weighted by Crippen LogP contribution is 2.36. The van der Waals surface area contributed by atoms with Crippen LogP contribution in [0, 0.1) is 13.8 Å². The minimum Gasteiger partial charge on any atom is -0.328 e. The number of hydrogen-bond donors (Lipinski definition) is 0. The molecule has 8 nitrogen and oxygen atoms in total. The van der Waals surface area contributed by atoms with Gasteiger partial charge in [-0.05, 0) is 50.2 Å². The molecule has 0 saturated carbocycles. The molecule has 1 atom stereocenters. The zero-order valence-electron chi connectivity index (χ0n) is 18.1. The van der Waals surface area contributed by atoms with Crippen LogP contribution in [0.1, 0.15) is 63.3 Å². The first-order valence-electron chi connectivity index (χ1n) is 10.8. The summed E-state index contributed by atoms with van der Waals surface area (Å²) in [6.45, 7) is 4.85. The molecule has 164 valence electrons. The van der Waals surface area contributed by atoms with Gasteiger partial charge in [-0.15, -0.1) is 5.10 Å². The molecule has 0 radical (unpaired) electrons. The lowest BCUT2D eigenvalue weighted by atomic mass is 10.0. The van der Waals surface area contributed by atoms with Gasteiger partial charge in [-0.1, -0.05) is 34.8 Å². The number of likely N-dealkylation sites (tertiary alicyclic amines) is 1. The smallest absolute Gasteiger partial charge is 0.268 e. The van der Waals surface area contributed by atoms with Crippen LogP contribution < -0.4 is 4.90 Å². The number of piperidine rings is 1. The molecule has 32 heavy (non-hydrogen) atoms. The van der Waals surface area contributed by atoms with Crippen LogP contribution in [0.25, 0.3) is 0 Å². The van der Waals surface area contributed by atoms with E-state index in [1.54, 1.807) is 11.8 Å². The highest BCUT2D eigenvalue weighted by atomic mass is 32.1. The zero-order valence-corrected chi connectivity index (χ0v) is 18.9. The van der Waals surface area contributed by atoms with Gasteiger partial charge < -0.3 is 4.90 Å². The molecule has 5 rings (SSSR count). The van der Waals surface area contributed by atoms with Crippen molar-refractivity contribution in [2.45, 2.75) is 52.1 Å². The molecule has 1 aromatic carbocycles. The third-order valence-corrected chi connectivity index (χ3v) is 7.00. The second-order valence-electron chi connectivity index (χ2n) is 8.31. The summed E-state index contributed by atoms with van der Waals surface area (Å²) in [7, 11) is 0. The average Bonchev–Trinajstić information content (AvgIpc) is 3.37. The molecular weight excluding hydrogens is 424 g/mol. The summed E-state index contributed by atoms with van der Waals surface area (Å²) >= 11 is 1.13. The fraction of sp³-hybridized carbons (Fsp3) is 0.391. The first kappa shape index (κ1) is 20.7. The number of aryl methyl sites for hydroxylation is 2. The second-order valence-corrected chi connectivity index (χ2v) is 9.06. The van der Waals surface area contributed by atoms with Crippen LogP contribution in [0.15, 0.2) is 30.3 Å². The molecule has 0 aliphatic carbocycles. The lowest BCUT2D eigenvalue weighted by molar-refractivity contribution is -0.117. The van der Waals surface area contributed by atoms with Crippen molar-refractivity contribution in [3.63, 3.8) is 0 Å². The molecule has 3 aromatic rings. The van der Waals surface area contributed by atoms with Crippen LogP contribution in [-0.2, 0) is 17.8 Å². The molecule has 1 saturated heterocycles. The Labute approximate surface area is 190 Å². The van der Waals surface area contributed by atoms with Crippen molar-refractivity contribution in [2.75, 3.05) is 11.4 Å². The molecule has 2 aliphatic heterocycles. The quantitative estimate of drug-likeness (QED) is 0.607. The van der Waals surface area contributed by atoms with Crippen molar-refractivity contribution in [3.05, 3.63) is 63.5 Å². The molecular formula is C23H24N6O2S. The average molecular weight is 449 g/mol. The topological polar surface area (TPSA) is 92.2 Å². The van der Waals surface area contributed by atoms with Crippen LogP contribution in [0.5, 0.6) is 0 Å². The van der Waals surface area contributed by atoms with Gasteiger partial charge in [0.1, 0.15) is 10.7 Å². The number of hydrogen-bond acceptors (Lipinski definition) is 7. The van der Waals surface area contributed by atoms with E-state index in [4.69, 9.17) is 9.97 Å². The van der Waals surface area contributed by atoms with Crippen molar-refractivity contribution in [2.24, 2.45) is 0 Å². The summed E-state index contributed by atoms with van der Waals surface area (Å²) in [5.41, 5.74) is 3.39. The molecule has 1 unspecified atom stereocenters. The molecule has 2 aromatic heterocycles. The van der Waals surface area contributed by atoms with E-state index in [1.807, 2.05) is 42.2 Å². The number of carbonyl (C=O) groups is 2. The van der Waals surface area contributed by atoms with E-state index >= 15 is 0 Å². The molecule has 0 bridgehead atoms. The zero-order chi connectivity index (χ0) is 22.2. The van der Waals surface area contributed by atoms with Gasteiger partial charge in [0.15, 0.2) is 5.82 Å². The summed E-state index contributed by atoms with van der Waals surface area (Å²) < 4.78 is 3.92. The maximum atomic E-state index is 13.3. The molecule has 0 N–H and O–H groups in total. The summed E-state index contributed by atoms with van der Waals surface area (Å²) in [6.07, 6.45) is 3.05. The molecule has 1 fully saturated rings. The molecule has 4 heterocycles. The Morgan fingerprint density at radius 2 is 1.94 bits per heavy atom. The Balaban J connectivity index is 1.50. The van der Waals surface area contributed by atoms with Crippen LogP contribution in [0.3, 0.4) is 0 Å². The second kappa shape index (κ2) is 8.38. The van der Waals surface area contributed by atoms with Crippen molar-refractivity contribution in [1.29, 1.82) is 0 Å². The molecule has 2 aliphatic rings. The summed E-state index contributed by atoms with van der Waals surface area (Å²) in [5, 5.41) is 4.00. The monoisotopic (exact) mass is 448 g/mol. The van der Waals surface area contributed by atoms with E-state index < -0.39 is 0 Å². The standard InChI is InChI=1S/C23H24N6O2S/c1-14-17-12-19(30)29(13-16-8-4-3-5-9-16)22(17)25-21(24-14)18-10-6-7-11-28(18)23(31)20-15(2)26-27-32-20/h3-5,8-9,18H,6-7,10-13H2,1-2H3. The van der Waals surface area contributed by atoms with Gasteiger partial charge in [0, 0.05) is 17.8 Å². The number of fused-ring (bicyclic) bond motifs is 1. The predicted molar refractivity (Wildman–Crippen MR) is 120 cm³/mol. The lowest BCUT2D eigenvalue weighted by Gasteiger charge is -2.35. The fourth-order valence-corrected chi connectivity index (χ4v) is 5.09. The summed E-state index contributed by atoms with van der Waals surface area (Å²) in [6, 6.07) is 9.68. The molecule has 0 spiro atoms. The highest BCUT2D eigenvalue weighted by Gasteiger charge is 2.36. The van der Waals surface area contributed by atoms with E-state index in [1.165, 1.54) is 0 Å². The van der Waals surface area contributed by atoms with E-state index in [0.717, 1.165) is 47.6 Å². The minimum atomic E-state index is -0.226. The van der Waals surface area contributed by atoms with Crippen LogP contribution in [-0.4, -0.2) is 42.8 Å². The predicted octanol–water partition coefficient (Wildman–Crippen LogP) is 3.40. The highest BCUT2D eigenvalue weighted by molar-refractivity contribution is 7.07. The van der Waals surface area contributed by atoms with E-state index in [9.17, 15) is 9.59 Å². The number of benzene rings is 1. The number of nitrogens with zero attached hydrogens (tertiary/aromatic N) is 6. The van der Waals surface area contributed by atoms with Gasteiger partial charge in [-0.25, -0.2) is 9.97 Å². The summed E-state index contributed by atoms with van der Waals surface area (Å²) in [5.74, 6) is 1.25. The van der Waals surface area contributed by atoms with Crippen molar-refractivity contribution in [3.8, 4) is 0 Å². The Bertz CT molecular complexity index is 1180. The fourth-order valence-electron chi connectivity index (χ4n) is 4.48. The maximum Gasteiger partial charge on any atom is 0.268 e. The van der Waals surface area contributed by atoms with E-state index in [2.05, 4.69) is 9.59 Å². The Morgan fingerprint density at radius 3 is 2.69 bits per heavy atom. The Morgan fingerprint density at radius 1 is 1.12 bits per heavy atom. The number of amides is 2. The largest absolute Gasteiger partial charge is 0.328 e. The first-order valence-corrected chi connectivity index (χ1v) is 11.6. The van der Waals surface area contributed by atoms with Gasteiger partial charge in [0.2, 0.25) is 5.91 Å². The van der Waals surface area contributed by atoms with Gasteiger partial charge in [0.05, 0.1) is 24.7 Å².